The lowest BCUT2D eigenvalue weighted by molar-refractivity contribution is -0.147. The monoisotopic (exact) mass is 560 g/mol. The Bertz CT molecular complexity index is 671. The van der Waals surface area contributed by atoms with E-state index in [0.29, 0.717) is 26.4 Å². The minimum absolute atomic E-state index is 0.219. The highest BCUT2D eigenvalue weighted by atomic mass is 16.6. The van der Waals surface area contributed by atoms with Crippen LogP contribution in [0.1, 0.15) is 20.8 Å². The first-order valence-electron chi connectivity index (χ1n) is 12.7. The zero-order valence-corrected chi connectivity index (χ0v) is 23.3. The highest BCUT2D eigenvalue weighted by Crippen LogP contribution is 2.00. The molecule has 224 valence electrons. The van der Waals surface area contributed by atoms with Gasteiger partial charge in [-0.2, -0.15) is 0 Å². The first kappa shape index (κ1) is 36.4. The summed E-state index contributed by atoms with van der Waals surface area (Å²) in [6.07, 6.45) is 1.69. The number of ether oxygens (including phenoxy) is 9. The first-order chi connectivity index (χ1) is 18.7. The normalized spacial score (nSPS) is 13.9. The van der Waals surface area contributed by atoms with Gasteiger partial charge in [0.15, 0.2) is 0 Å². The third kappa shape index (κ3) is 23.0. The van der Waals surface area contributed by atoms with Gasteiger partial charge in [0, 0.05) is 18.2 Å². The zero-order chi connectivity index (χ0) is 29.3. The van der Waals surface area contributed by atoms with E-state index < -0.39 is 36.2 Å². The highest BCUT2D eigenvalue weighted by molar-refractivity contribution is 5.82. The molecule has 0 amide bonds. The molecule has 0 aromatic carbocycles. The molecule has 0 aliphatic rings. The van der Waals surface area contributed by atoms with Gasteiger partial charge in [0.25, 0.3) is 0 Å². The maximum atomic E-state index is 11.2. The number of carbonyl (C=O) groups is 3. The van der Waals surface area contributed by atoms with E-state index in [2.05, 4.69) is 19.7 Å². The van der Waals surface area contributed by atoms with Gasteiger partial charge in [0.05, 0.1) is 72.7 Å². The third-order valence-electron chi connectivity index (χ3n) is 4.44. The van der Waals surface area contributed by atoms with Crippen LogP contribution in [0.15, 0.2) is 38.0 Å². The van der Waals surface area contributed by atoms with Crippen molar-refractivity contribution in [1.82, 2.24) is 0 Å². The fraction of sp³-hybridized carbons (Fsp3) is 0.667. The van der Waals surface area contributed by atoms with Crippen molar-refractivity contribution in [3.63, 3.8) is 0 Å². The molecule has 3 atom stereocenters. The molecule has 0 aromatic rings. The van der Waals surface area contributed by atoms with Crippen LogP contribution in [0, 0.1) is 0 Å². The van der Waals surface area contributed by atoms with Crippen molar-refractivity contribution in [2.45, 2.75) is 45.2 Å². The smallest absolute Gasteiger partial charge is 0.330 e. The molecule has 0 aliphatic carbocycles. The van der Waals surface area contributed by atoms with Crippen molar-refractivity contribution >= 4 is 17.9 Å². The maximum absolute atomic E-state index is 11.2. The van der Waals surface area contributed by atoms with Crippen LogP contribution in [0.2, 0.25) is 0 Å². The second-order valence-electron chi connectivity index (χ2n) is 8.22. The van der Waals surface area contributed by atoms with Crippen LogP contribution >= 0.6 is 0 Å². The molecule has 0 fully saturated rings. The second kappa shape index (κ2) is 24.4. The van der Waals surface area contributed by atoms with Gasteiger partial charge in [0.1, 0.15) is 24.4 Å². The average Bonchev–Trinajstić information content (AvgIpc) is 2.91. The topological polar surface area (TPSA) is 134 Å². The van der Waals surface area contributed by atoms with Crippen molar-refractivity contribution in [2.75, 3.05) is 72.7 Å². The molecule has 0 saturated carbocycles. The van der Waals surface area contributed by atoms with E-state index in [1.165, 1.54) is 0 Å². The van der Waals surface area contributed by atoms with Crippen molar-refractivity contribution in [3.05, 3.63) is 38.0 Å². The van der Waals surface area contributed by atoms with E-state index in [4.69, 9.17) is 42.6 Å². The van der Waals surface area contributed by atoms with Crippen LogP contribution in [0.5, 0.6) is 0 Å². The summed E-state index contributed by atoms with van der Waals surface area (Å²) in [7, 11) is 0. The molecule has 0 aromatic heterocycles. The molecular weight excluding hydrogens is 516 g/mol. The lowest BCUT2D eigenvalue weighted by atomic mass is 10.4. The van der Waals surface area contributed by atoms with Gasteiger partial charge in [-0.15, -0.1) is 0 Å². The summed E-state index contributed by atoms with van der Waals surface area (Å²) in [5.74, 6) is -1.52. The van der Waals surface area contributed by atoms with Crippen molar-refractivity contribution in [2.24, 2.45) is 0 Å². The number of hydrogen-bond acceptors (Lipinski definition) is 12. The van der Waals surface area contributed by atoms with Gasteiger partial charge in [-0.25, -0.2) is 14.4 Å². The number of esters is 3. The second-order valence-corrected chi connectivity index (χ2v) is 8.22. The first-order valence-corrected chi connectivity index (χ1v) is 12.7. The molecule has 12 nitrogen and oxygen atoms in total. The van der Waals surface area contributed by atoms with Crippen molar-refractivity contribution < 1.29 is 57.0 Å². The quantitative estimate of drug-likeness (QED) is 0.0661. The van der Waals surface area contributed by atoms with Crippen LogP contribution in [-0.4, -0.2) is 115 Å². The molecule has 0 heterocycles. The predicted octanol–water partition coefficient (Wildman–Crippen LogP) is 1.81. The summed E-state index contributed by atoms with van der Waals surface area (Å²) in [6.45, 7) is 18.1. The Balaban J connectivity index is 4.28. The Hall–Kier alpha value is -2.61. The number of rotatable bonds is 26. The molecule has 0 aliphatic heterocycles. The van der Waals surface area contributed by atoms with Crippen LogP contribution in [-0.2, 0) is 57.0 Å². The summed E-state index contributed by atoms with van der Waals surface area (Å²) in [5.41, 5.74) is 0. The molecule has 39 heavy (non-hydrogen) atoms. The van der Waals surface area contributed by atoms with E-state index >= 15 is 0 Å². The molecule has 12 heteroatoms. The zero-order valence-electron chi connectivity index (χ0n) is 23.3. The molecule has 0 rings (SSSR count). The summed E-state index contributed by atoms with van der Waals surface area (Å²) in [5, 5.41) is 0. The predicted molar refractivity (Wildman–Crippen MR) is 141 cm³/mol. The molecule has 0 bridgehead atoms. The summed E-state index contributed by atoms with van der Waals surface area (Å²) < 4.78 is 48.5. The van der Waals surface area contributed by atoms with Crippen LogP contribution in [0.4, 0.5) is 0 Å². The number of carbonyl (C=O) groups excluding carboxylic acids is 3. The summed E-state index contributed by atoms with van der Waals surface area (Å²) in [4.78, 5) is 33.5. The molecule has 0 saturated heterocycles. The van der Waals surface area contributed by atoms with Crippen LogP contribution in [0.3, 0.4) is 0 Å². The standard InChI is InChI=1S/C27H44O12/c1-7-25(28)37-21(4)16-31-10-12-34-19-24(36-15-14-33-18-23(6)39-27(30)9-3)20-35-13-11-32-17-22(5)38-26(29)8-2/h7-9,21-24H,1-3,10-20H2,4-6H3. The summed E-state index contributed by atoms with van der Waals surface area (Å²) in [6, 6.07) is 0. The van der Waals surface area contributed by atoms with E-state index in [-0.39, 0.29) is 52.4 Å². The van der Waals surface area contributed by atoms with Gasteiger partial charge >= 0.3 is 17.9 Å². The Morgan fingerprint density at radius 1 is 0.513 bits per heavy atom. The Kier molecular flexibility index (Phi) is 22.8. The molecule has 0 N–H and O–H groups in total. The SMILES string of the molecule is C=CC(=O)OC(C)COCCOCC(COCCOCC(C)OC(=O)C=C)OCCOCC(C)OC(=O)C=C. The minimum Gasteiger partial charge on any atom is -0.457 e. The van der Waals surface area contributed by atoms with E-state index in [9.17, 15) is 14.4 Å². The highest BCUT2D eigenvalue weighted by Gasteiger charge is 2.12. The van der Waals surface area contributed by atoms with Gasteiger partial charge < -0.3 is 42.6 Å². The van der Waals surface area contributed by atoms with Gasteiger partial charge in [0.2, 0.25) is 0 Å². The molecule has 0 spiro atoms. The molecule has 0 radical (unpaired) electrons. The Morgan fingerprint density at radius 3 is 1.10 bits per heavy atom. The minimum atomic E-state index is -0.510. The molecule has 3 unspecified atom stereocenters. The largest absolute Gasteiger partial charge is 0.457 e. The molecular formula is C27H44O12. The van der Waals surface area contributed by atoms with Gasteiger partial charge in [-0.05, 0) is 20.8 Å². The van der Waals surface area contributed by atoms with E-state index in [1.807, 2.05) is 0 Å². The lowest BCUT2D eigenvalue weighted by Gasteiger charge is -2.19. The third-order valence-corrected chi connectivity index (χ3v) is 4.44. The fourth-order valence-corrected chi connectivity index (χ4v) is 2.67. The average molecular weight is 561 g/mol. The van der Waals surface area contributed by atoms with Gasteiger partial charge in [-0.1, -0.05) is 19.7 Å². The van der Waals surface area contributed by atoms with Crippen LogP contribution < -0.4 is 0 Å². The lowest BCUT2D eigenvalue weighted by Crippen LogP contribution is -2.29. The maximum Gasteiger partial charge on any atom is 0.330 e. The van der Waals surface area contributed by atoms with Crippen molar-refractivity contribution in [1.29, 1.82) is 0 Å². The van der Waals surface area contributed by atoms with Gasteiger partial charge in [-0.3, -0.25) is 0 Å². The summed E-state index contributed by atoms with van der Waals surface area (Å²) >= 11 is 0. The fourth-order valence-electron chi connectivity index (χ4n) is 2.67. The van der Waals surface area contributed by atoms with E-state index in [1.54, 1.807) is 20.8 Å². The Labute approximate surface area is 231 Å². The number of hydrogen-bond donors (Lipinski definition) is 0. The van der Waals surface area contributed by atoms with Crippen molar-refractivity contribution in [3.8, 4) is 0 Å². The van der Waals surface area contributed by atoms with E-state index in [0.717, 1.165) is 18.2 Å². The van der Waals surface area contributed by atoms with Crippen LogP contribution in [0.25, 0.3) is 0 Å². The Morgan fingerprint density at radius 2 is 0.795 bits per heavy atom.